The SMILES string of the molecule is CC(=O)N(Cc1ccc(F)cc1)Cc1cc2cc(C)ccc2nc1Cl. The first-order valence-corrected chi connectivity index (χ1v) is 8.36. The molecule has 0 saturated carbocycles. The lowest BCUT2D eigenvalue weighted by Crippen LogP contribution is -2.27. The number of aromatic nitrogens is 1. The van der Waals surface area contributed by atoms with Crippen LogP contribution in [0.5, 0.6) is 0 Å². The van der Waals surface area contributed by atoms with Crippen LogP contribution in [-0.2, 0) is 17.9 Å². The van der Waals surface area contributed by atoms with E-state index in [-0.39, 0.29) is 11.7 Å². The van der Waals surface area contributed by atoms with E-state index in [0.29, 0.717) is 18.2 Å². The van der Waals surface area contributed by atoms with Gasteiger partial charge in [-0.2, -0.15) is 0 Å². The zero-order valence-corrected chi connectivity index (χ0v) is 14.8. The molecule has 0 atom stereocenters. The maximum absolute atomic E-state index is 13.1. The van der Waals surface area contributed by atoms with Gasteiger partial charge in [-0.25, -0.2) is 9.37 Å². The van der Waals surface area contributed by atoms with Crippen LogP contribution in [-0.4, -0.2) is 15.8 Å². The van der Waals surface area contributed by atoms with Crippen LogP contribution in [0.1, 0.15) is 23.6 Å². The van der Waals surface area contributed by atoms with E-state index in [4.69, 9.17) is 11.6 Å². The molecule has 0 unspecified atom stereocenters. The molecule has 5 heteroatoms. The molecule has 0 bridgehead atoms. The molecule has 0 spiro atoms. The Hall–Kier alpha value is -2.46. The first kappa shape index (κ1) is 17.4. The van der Waals surface area contributed by atoms with Gasteiger partial charge in [-0.05, 0) is 42.8 Å². The number of carbonyl (C=O) groups is 1. The van der Waals surface area contributed by atoms with Crippen LogP contribution in [0.2, 0.25) is 5.15 Å². The van der Waals surface area contributed by atoms with Crippen LogP contribution in [0.15, 0.2) is 48.5 Å². The molecule has 1 aromatic heterocycles. The van der Waals surface area contributed by atoms with Gasteiger partial charge >= 0.3 is 0 Å². The van der Waals surface area contributed by atoms with Gasteiger partial charge in [0.2, 0.25) is 5.91 Å². The second-order valence-corrected chi connectivity index (χ2v) is 6.49. The van der Waals surface area contributed by atoms with Gasteiger partial charge in [0, 0.05) is 31.0 Å². The molecule has 3 aromatic rings. The Kier molecular flexibility index (Phi) is 5.00. The number of carbonyl (C=O) groups excluding carboxylic acids is 1. The lowest BCUT2D eigenvalue weighted by molar-refractivity contribution is -0.130. The van der Waals surface area contributed by atoms with Crippen LogP contribution >= 0.6 is 11.6 Å². The van der Waals surface area contributed by atoms with Crippen molar-refractivity contribution in [3.8, 4) is 0 Å². The fraction of sp³-hybridized carbons (Fsp3) is 0.200. The Balaban J connectivity index is 1.89. The number of nitrogens with zero attached hydrogens (tertiary/aromatic N) is 2. The van der Waals surface area contributed by atoms with Gasteiger partial charge in [0.15, 0.2) is 0 Å². The molecule has 3 nitrogen and oxygen atoms in total. The van der Waals surface area contributed by atoms with E-state index in [1.807, 2.05) is 31.2 Å². The minimum absolute atomic E-state index is 0.0790. The zero-order valence-electron chi connectivity index (χ0n) is 14.1. The lowest BCUT2D eigenvalue weighted by Gasteiger charge is -2.22. The summed E-state index contributed by atoms with van der Waals surface area (Å²) in [6.45, 7) is 4.26. The topological polar surface area (TPSA) is 33.2 Å². The molecule has 1 amide bonds. The number of amides is 1. The summed E-state index contributed by atoms with van der Waals surface area (Å²) in [6.07, 6.45) is 0. The van der Waals surface area contributed by atoms with Crippen molar-refractivity contribution in [2.45, 2.75) is 26.9 Å². The number of hydrogen-bond donors (Lipinski definition) is 0. The number of benzene rings is 2. The molecule has 0 saturated heterocycles. The molecule has 0 N–H and O–H groups in total. The maximum Gasteiger partial charge on any atom is 0.220 e. The first-order valence-electron chi connectivity index (χ1n) is 7.98. The van der Waals surface area contributed by atoms with Gasteiger partial charge in [0.05, 0.1) is 5.52 Å². The molecule has 0 radical (unpaired) electrons. The molecule has 0 aliphatic rings. The average molecular weight is 357 g/mol. The molecule has 25 heavy (non-hydrogen) atoms. The van der Waals surface area contributed by atoms with E-state index in [1.165, 1.54) is 19.1 Å². The molecular formula is C20H18ClFN2O. The third kappa shape index (κ3) is 4.15. The normalized spacial score (nSPS) is 10.9. The molecule has 1 heterocycles. The fourth-order valence-electron chi connectivity index (χ4n) is 2.72. The second-order valence-electron chi connectivity index (χ2n) is 6.14. The summed E-state index contributed by atoms with van der Waals surface area (Å²) in [5.41, 5.74) is 3.61. The summed E-state index contributed by atoms with van der Waals surface area (Å²) < 4.78 is 13.1. The standard InChI is InChI=1S/C20H18ClFN2O/c1-13-3-8-19-16(9-13)10-17(20(21)23-19)12-24(14(2)25)11-15-4-6-18(22)7-5-15/h3-10H,11-12H2,1-2H3. The van der Waals surface area contributed by atoms with Gasteiger partial charge in [0.25, 0.3) is 0 Å². The average Bonchev–Trinajstić information content (AvgIpc) is 2.57. The van der Waals surface area contributed by atoms with E-state index >= 15 is 0 Å². The lowest BCUT2D eigenvalue weighted by atomic mass is 10.1. The third-order valence-corrected chi connectivity index (χ3v) is 4.42. The highest BCUT2D eigenvalue weighted by Crippen LogP contribution is 2.23. The van der Waals surface area contributed by atoms with Gasteiger partial charge < -0.3 is 4.90 Å². The van der Waals surface area contributed by atoms with Gasteiger partial charge in [-0.3, -0.25) is 4.79 Å². The maximum atomic E-state index is 13.1. The fourth-order valence-corrected chi connectivity index (χ4v) is 2.93. The number of hydrogen-bond acceptors (Lipinski definition) is 2. The smallest absolute Gasteiger partial charge is 0.220 e. The predicted molar refractivity (Wildman–Crippen MR) is 97.8 cm³/mol. The first-order chi connectivity index (χ1) is 11.9. The predicted octanol–water partition coefficient (Wildman–Crippen LogP) is 4.88. The second kappa shape index (κ2) is 7.19. The molecule has 2 aromatic carbocycles. The van der Waals surface area contributed by atoms with Gasteiger partial charge in [0.1, 0.15) is 11.0 Å². The quantitative estimate of drug-likeness (QED) is 0.624. The van der Waals surface area contributed by atoms with E-state index < -0.39 is 0 Å². The van der Waals surface area contributed by atoms with Crippen LogP contribution in [0.4, 0.5) is 4.39 Å². The summed E-state index contributed by atoms with van der Waals surface area (Å²) in [4.78, 5) is 18.1. The Labute approximate surface area is 151 Å². The summed E-state index contributed by atoms with van der Waals surface area (Å²) in [5.74, 6) is -0.375. The van der Waals surface area contributed by atoms with Gasteiger partial charge in [-0.15, -0.1) is 0 Å². The largest absolute Gasteiger partial charge is 0.334 e. The Bertz CT molecular complexity index is 925. The molecular weight excluding hydrogens is 339 g/mol. The number of aryl methyl sites for hydroxylation is 1. The molecule has 0 aliphatic carbocycles. The highest BCUT2D eigenvalue weighted by Gasteiger charge is 2.14. The third-order valence-electron chi connectivity index (χ3n) is 4.09. The van der Waals surface area contributed by atoms with Crippen molar-refractivity contribution in [1.82, 2.24) is 9.88 Å². The number of halogens is 2. The van der Waals surface area contributed by atoms with Crippen molar-refractivity contribution in [2.24, 2.45) is 0 Å². The van der Waals surface area contributed by atoms with Crippen molar-refractivity contribution in [3.63, 3.8) is 0 Å². The number of pyridine rings is 1. The minimum Gasteiger partial charge on any atom is -0.334 e. The van der Waals surface area contributed by atoms with Crippen molar-refractivity contribution in [3.05, 3.63) is 76.2 Å². The monoisotopic (exact) mass is 356 g/mol. The highest BCUT2D eigenvalue weighted by molar-refractivity contribution is 6.30. The Morgan fingerprint density at radius 1 is 1.12 bits per heavy atom. The Morgan fingerprint density at radius 3 is 2.52 bits per heavy atom. The van der Waals surface area contributed by atoms with Crippen molar-refractivity contribution < 1.29 is 9.18 Å². The van der Waals surface area contributed by atoms with E-state index in [9.17, 15) is 9.18 Å². The van der Waals surface area contributed by atoms with Crippen LogP contribution in [0, 0.1) is 12.7 Å². The zero-order chi connectivity index (χ0) is 18.0. The molecule has 128 valence electrons. The molecule has 0 aliphatic heterocycles. The van der Waals surface area contributed by atoms with Crippen LogP contribution in [0.25, 0.3) is 10.9 Å². The van der Waals surface area contributed by atoms with Crippen molar-refractivity contribution >= 4 is 28.4 Å². The minimum atomic E-state index is -0.296. The summed E-state index contributed by atoms with van der Waals surface area (Å²) in [6, 6.07) is 14.1. The van der Waals surface area contributed by atoms with Crippen LogP contribution < -0.4 is 0 Å². The Morgan fingerprint density at radius 2 is 1.84 bits per heavy atom. The van der Waals surface area contributed by atoms with E-state index in [1.54, 1.807) is 17.0 Å². The highest BCUT2D eigenvalue weighted by atomic mass is 35.5. The van der Waals surface area contributed by atoms with Crippen molar-refractivity contribution in [1.29, 1.82) is 0 Å². The molecule has 0 fully saturated rings. The summed E-state index contributed by atoms with van der Waals surface area (Å²) in [5, 5.41) is 1.38. The number of fused-ring (bicyclic) bond motifs is 1. The summed E-state index contributed by atoms with van der Waals surface area (Å²) >= 11 is 6.32. The van der Waals surface area contributed by atoms with Crippen LogP contribution in [0.3, 0.4) is 0 Å². The summed E-state index contributed by atoms with van der Waals surface area (Å²) in [7, 11) is 0. The number of rotatable bonds is 4. The van der Waals surface area contributed by atoms with E-state index in [2.05, 4.69) is 4.98 Å². The van der Waals surface area contributed by atoms with Crippen molar-refractivity contribution in [2.75, 3.05) is 0 Å². The van der Waals surface area contributed by atoms with Gasteiger partial charge in [-0.1, -0.05) is 35.4 Å². The molecule has 3 rings (SSSR count). The van der Waals surface area contributed by atoms with E-state index in [0.717, 1.165) is 27.6 Å².